The van der Waals surface area contributed by atoms with E-state index < -0.39 is 0 Å². The quantitative estimate of drug-likeness (QED) is 0.813. The highest BCUT2D eigenvalue weighted by molar-refractivity contribution is 9.09. The summed E-state index contributed by atoms with van der Waals surface area (Å²) in [6.07, 6.45) is 0.723. The number of rotatable bonds is 5. The van der Waals surface area contributed by atoms with E-state index in [1.807, 2.05) is 30.3 Å². The second-order valence-electron chi connectivity index (χ2n) is 4.32. The van der Waals surface area contributed by atoms with Crippen molar-refractivity contribution in [2.45, 2.75) is 12.5 Å². The van der Waals surface area contributed by atoms with Gasteiger partial charge in [0.2, 0.25) is 0 Å². The van der Waals surface area contributed by atoms with Crippen molar-refractivity contribution in [2.75, 3.05) is 5.33 Å². The van der Waals surface area contributed by atoms with Crippen LogP contribution in [-0.4, -0.2) is 27.5 Å². The Labute approximate surface area is 124 Å². The first-order chi connectivity index (χ1) is 9.69. The summed E-state index contributed by atoms with van der Waals surface area (Å²) in [4.78, 5) is 22.9. The van der Waals surface area contributed by atoms with Crippen molar-refractivity contribution in [2.24, 2.45) is 0 Å². The molecule has 1 atom stereocenters. The highest BCUT2D eigenvalue weighted by Crippen LogP contribution is 2.06. The normalized spacial score (nSPS) is 11.8. The fourth-order valence-electron chi connectivity index (χ4n) is 1.77. The average molecular weight is 336 g/mol. The predicted octanol–water partition coefficient (Wildman–Crippen LogP) is 1.51. The molecular weight excluding hydrogens is 322 g/mol. The number of amides is 1. The Kier molecular flexibility index (Phi) is 5.06. The predicted molar refractivity (Wildman–Crippen MR) is 80.1 cm³/mol. The SMILES string of the molecule is O=C(NC(CBr)Cc1ccccc1)c1ccc(=O)[nH]n1. The maximum atomic E-state index is 12.0. The summed E-state index contributed by atoms with van der Waals surface area (Å²) in [5.41, 5.74) is 1.01. The van der Waals surface area contributed by atoms with Crippen LogP contribution in [0, 0.1) is 0 Å². The molecule has 0 aliphatic rings. The maximum Gasteiger partial charge on any atom is 0.271 e. The lowest BCUT2D eigenvalue weighted by atomic mass is 10.1. The summed E-state index contributed by atoms with van der Waals surface area (Å²) in [5, 5.41) is 9.47. The maximum absolute atomic E-state index is 12.0. The molecule has 2 aromatic rings. The van der Waals surface area contributed by atoms with Gasteiger partial charge in [-0.25, -0.2) is 5.10 Å². The van der Waals surface area contributed by atoms with Crippen LogP contribution in [0.3, 0.4) is 0 Å². The number of halogens is 1. The fourth-order valence-corrected chi connectivity index (χ4v) is 2.16. The summed E-state index contributed by atoms with van der Waals surface area (Å²) < 4.78 is 0. The van der Waals surface area contributed by atoms with Gasteiger partial charge in [-0.05, 0) is 18.1 Å². The number of hydrogen-bond donors (Lipinski definition) is 2. The van der Waals surface area contributed by atoms with Gasteiger partial charge in [-0.15, -0.1) is 0 Å². The molecule has 0 spiro atoms. The first kappa shape index (κ1) is 14.5. The van der Waals surface area contributed by atoms with Crippen LogP contribution in [-0.2, 0) is 6.42 Å². The van der Waals surface area contributed by atoms with Crippen molar-refractivity contribution >= 4 is 21.8 Å². The minimum absolute atomic E-state index is 0.0429. The number of H-pyrrole nitrogens is 1. The lowest BCUT2D eigenvalue weighted by molar-refractivity contribution is 0.0935. The second kappa shape index (κ2) is 7.00. The van der Waals surface area contributed by atoms with Crippen LogP contribution in [0.1, 0.15) is 16.1 Å². The summed E-state index contributed by atoms with van der Waals surface area (Å²) in [6.45, 7) is 0. The molecule has 1 heterocycles. The fraction of sp³-hybridized carbons (Fsp3) is 0.214. The topological polar surface area (TPSA) is 74.8 Å². The van der Waals surface area contributed by atoms with Crippen molar-refractivity contribution in [3.05, 3.63) is 64.1 Å². The van der Waals surface area contributed by atoms with Gasteiger partial charge in [-0.1, -0.05) is 46.3 Å². The lowest BCUT2D eigenvalue weighted by Gasteiger charge is -2.15. The Morgan fingerprint density at radius 1 is 1.25 bits per heavy atom. The molecule has 1 aromatic carbocycles. The number of carbonyl (C=O) groups is 1. The molecule has 2 rings (SSSR count). The molecule has 0 fully saturated rings. The van der Waals surface area contributed by atoms with Crippen LogP contribution in [0.4, 0.5) is 0 Å². The number of hydrogen-bond acceptors (Lipinski definition) is 3. The Morgan fingerprint density at radius 3 is 2.60 bits per heavy atom. The second-order valence-corrected chi connectivity index (χ2v) is 4.97. The Balaban J connectivity index is 2.01. The van der Waals surface area contributed by atoms with E-state index in [0.717, 1.165) is 12.0 Å². The number of aromatic amines is 1. The van der Waals surface area contributed by atoms with Crippen molar-refractivity contribution in [3.63, 3.8) is 0 Å². The summed E-state index contributed by atoms with van der Waals surface area (Å²) >= 11 is 3.39. The van der Waals surface area contributed by atoms with E-state index in [1.54, 1.807) is 0 Å². The molecule has 5 nitrogen and oxygen atoms in total. The van der Waals surface area contributed by atoms with Crippen molar-refractivity contribution in [1.82, 2.24) is 15.5 Å². The zero-order chi connectivity index (χ0) is 14.4. The third-order valence-corrected chi connectivity index (χ3v) is 3.54. The molecule has 20 heavy (non-hydrogen) atoms. The van der Waals surface area contributed by atoms with Crippen LogP contribution < -0.4 is 10.9 Å². The average Bonchev–Trinajstić information content (AvgIpc) is 2.48. The van der Waals surface area contributed by atoms with Gasteiger partial charge in [0.15, 0.2) is 0 Å². The zero-order valence-electron chi connectivity index (χ0n) is 10.7. The summed E-state index contributed by atoms with van der Waals surface area (Å²) in [5.74, 6) is -0.304. The standard InChI is InChI=1S/C14H14BrN3O2/c15-9-11(8-10-4-2-1-3-5-10)16-14(20)12-6-7-13(19)18-17-12/h1-7,11H,8-9H2,(H,16,20)(H,18,19). The zero-order valence-corrected chi connectivity index (χ0v) is 12.3. The molecule has 0 bridgehead atoms. The Hall–Kier alpha value is -1.95. The summed E-state index contributed by atoms with van der Waals surface area (Å²) in [7, 11) is 0. The molecule has 0 aliphatic heterocycles. The van der Waals surface area contributed by atoms with E-state index in [2.05, 4.69) is 31.4 Å². The van der Waals surface area contributed by atoms with Gasteiger partial charge in [0.05, 0.1) is 0 Å². The molecule has 104 valence electrons. The number of alkyl halides is 1. The molecule has 0 saturated carbocycles. The number of carbonyl (C=O) groups excluding carboxylic acids is 1. The molecular formula is C14H14BrN3O2. The molecule has 1 amide bonds. The van der Waals surface area contributed by atoms with Crippen LogP contribution in [0.15, 0.2) is 47.3 Å². The van der Waals surface area contributed by atoms with Crippen molar-refractivity contribution in [1.29, 1.82) is 0 Å². The van der Waals surface area contributed by atoms with Crippen molar-refractivity contribution < 1.29 is 4.79 Å². The Bertz CT molecular complexity index is 607. The van der Waals surface area contributed by atoms with Crippen LogP contribution >= 0.6 is 15.9 Å². The van der Waals surface area contributed by atoms with Gasteiger partial charge in [0, 0.05) is 17.4 Å². The van der Waals surface area contributed by atoms with Gasteiger partial charge >= 0.3 is 0 Å². The first-order valence-corrected chi connectivity index (χ1v) is 7.27. The molecule has 0 aliphatic carbocycles. The van der Waals surface area contributed by atoms with E-state index in [9.17, 15) is 9.59 Å². The largest absolute Gasteiger partial charge is 0.347 e. The van der Waals surface area contributed by atoms with E-state index >= 15 is 0 Å². The van der Waals surface area contributed by atoms with Gasteiger partial charge in [0.25, 0.3) is 11.5 Å². The van der Waals surface area contributed by atoms with Gasteiger partial charge < -0.3 is 5.32 Å². The molecule has 0 saturated heterocycles. The third-order valence-electron chi connectivity index (χ3n) is 2.76. The van der Waals surface area contributed by atoms with Crippen LogP contribution in [0.25, 0.3) is 0 Å². The molecule has 2 N–H and O–H groups in total. The third kappa shape index (κ3) is 4.03. The minimum Gasteiger partial charge on any atom is -0.347 e. The van der Waals surface area contributed by atoms with Crippen LogP contribution in [0.2, 0.25) is 0 Å². The number of nitrogens with one attached hydrogen (secondary N) is 2. The Morgan fingerprint density at radius 2 is 2.00 bits per heavy atom. The molecule has 1 unspecified atom stereocenters. The van der Waals surface area contributed by atoms with Gasteiger partial charge in [0.1, 0.15) is 5.69 Å². The van der Waals surface area contributed by atoms with E-state index in [-0.39, 0.29) is 23.2 Å². The number of aromatic nitrogens is 2. The number of benzene rings is 1. The van der Waals surface area contributed by atoms with Gasteiger partial charge in [-0.3, -0.25) is 9.59 Å². The van der Waals surface area contributed by atoms with E-state index in [0.29, 0.717) is 5.33 Å². The lowest BCUT2D eigenvalue weighted by Crippen LogP contribution is -2.38. The van der Waals surface area contributed by atoms with Gasteiger partial charge in [-0.2, -0.15) is 5.10 Å². The monoisotopic (exact) mass is 335 g/mol. The van der Waals surface area contributed by atoms with E-state index in [4.69, 9.17) is 0 Å². The molecule has 6 heteroatoms. The minimum atomic E-state index is -0.331. The molecule has 1 aromatic heterocycles. The van der Waals surface area contributed by atoms with E-state index in [1.165, 1.54) is 12.1 Å². The first-order valence-electron chi connectivity index (χ1n) is 6.15. The number of nitrogens with zero attached hydrogens (tertiary/aromatic N) is 1. The van der Waals surface area contributed by atoms with Crippen molar-refractivity contribution in [3.8, 4) is 0 Å². The van der Waals surface area contributed by atoms with Crippen LogP contribution in [0.5, 0.6) is 0 Å². The smallest absolute Gasteiger partial charge is 0.271 e. The molecule has 0 radical (unpaired) electrons. The highest BCUT2D eigenvalue weighted by Gasteiger charge is 2.14. The summed E-state index contributed by atoms with van der Waals surface area (Å²) in [6, 6.07) is 12.6. The highest BCUT2D eigenvalue weighted by atomic mass is 79.9.